The van der Waals surface area contributed by atoms with Crippen molar-refractivity contribution in [2.24, 2.45) is 0 Å². The van der Waals surface area contributed by atoms with Crippen LogP contribution < -0.4 is 33.6 Å². The first-order valence-electron chi connectivity index (χ1n) is 24.0. The first kappa shape index (κ1) is 61.8. The van der Waals surface area contributed by atoms with Crippen LogP contribution in [0.1, 0.15) is 38.8 Å². The van der Waals surface area contributed by atoms with Crippen molar-refractivity contribution in [3.05, 3.63) is 181 Å². The molecule has 0 saturated heterocycles. The number of rotatable bonds is 22. The van der Waals surface area contributed by atoms with Gasteiger partial charge in [-0.15, -0.1) is 0 Å². The number of para-hydroxylation sites is 3. The average Bonchev–Trinajstić information content (AvgIpc) is 3.44. The fraction of sp³-hybridized carbons (Fsp3) is 0.305. The summed E-state index contributed by atoms with van der Waals surface area (Å²) in [5.74, 6) is 5.51. The summed E-state index contributed by atoms with van der Waals surface area (Å²) in [6.45, 7) is 12.1. The highest BCUT2D eigenvalue weighted by Gasteiger charge is 2.17. The minimum atomic E-state index is -0.0546. The van der Waals surface area contributed by atoms with E-state index >= 15 is 0 Å². The Morgan fingerprint density at radius 1 is 0.444 bits per heavy atom. The van der Waals surface area contributed by atoms with E-state index in [4.69, 9.17) is 18.9 Å². The van der Waals surface area contributed by atoms with Crippen molar-refractivity contribution in [2.75, 3.05) is 97.8 Å². The van der Waals surface area contributed by atoms with Gasteiger partial charge in [-0.25, -0.2) is 0 Å². The van der Waals surface area contributed by atoms with Crippen LogP contribution in [0.5, 0.6) is 23.0 Å². The van der Waals surface area contributed by atoms with Gasteiger partial charge in [0.2, 0.25) is 0 Å². The molecule has 0 saturated carbocycles. The molecule has 0 unspecified atom stereocenters. The number of methoxy groups -OCH3 is 2. The molecule has 10 nitrogen and oxygen atoms in total. The number of carbonyl (C=O) groups is 3. The molecule has 0 aliphatic heterocycles. The van der Waals surface area contributed by atoms with E-state index in [0.29, 0.717) is 25.4 Å². The maximum Gasteiger partial charge on any atom is 0.264 e. The lowest BCUT2D eigenvalue weighted by Crippen LogP contribution is -2.36. The quantitative estimate of drug-likeness (QED) is 0.0612. The summed E-state index contributed by atoms with van der Waals surface area (Å²) in [7, 11) is 3.25. The van der Waals surface area contributed by atoms with E-state index < -0.39 is 0 Å². The first-order valence-corrected chi connectivity index (χ1v) is 28.2. The van der Waals surface area contributed by atoms with E-state index in [1.54, 1.807) is 82.4 Å². The minimum absolute atomic E-state index is 0.00953. The van der Waals surface area contributed by atoms with Crippen LogP contribution in [-0.2, 0) is 14.4 Å². The molecule has 0 aromatic heterocycles. The van der Waals surface area contributed by atoms with Crippen LogP contribution >= 0.6 is 35.3 Å². The van der Waals surface area contributed by atoms with Crippen molar-refractivity contribution in [1.29, 1.82) is 0 Å². The van der Waals surface area contributed by atoms with Crippen molar-refractivity contribution >= 4 is 76.1 Å². The molecule has 13 heteroatoms. The van der Waals surface area contributed by atoms with Crippen molar-refractivity contribution in [3.63, 3.8) is 0 Å². The molecule has 3 amide bonds. The molecule has 0 aliphatic carbocycles. The summed E-state index contributed by atoms with van der Waals surface area (Å²) >= 11 is 5.16. The van der Waals surface area contributed by atoms with E-state index in [9.17, 15) is 14.4 Å². The maximum absolute atomic E-state index is 12.6. The molecular formula is C59H75N3O7S3. The van der Waals surface area contributed by atoms with Gasteiger partial charge in [-0.05, 0) is 122 Å². The third kappa shape index (κ3) is 23.8. The lowest BCUT2D eigenvalue weighted by atomic mass is 10.2. The zero-order chi connectivity index (χ0) is 52.8. The molecule has 0 fully saturated rings. The SMILES string of the molecule is CC.CC.COc1ccc(/C=C/C(=O)N(CCSC)c2ccccc2)cc1.COc1ccc(OCC(=O)N(CCSC)c2ccccc2)cc1.CSCCN(C(=O)COc1ccc(C)cc1)c1ccccc1. The third-order valence-corrected chi connectivity index (χ3v) is 11.7. The third-order valence-electron chi connectivity index (χ3n) is 9.97. The number of hydrogen-bond acceptors (Lipinski definition) is 10. The van der Waals surface area contributed by atoms with Gasteiger partial charge in [-0.3, -0.25) is 14.4 Å². The molecule has 6 aromatic carbocycles. The van der Waals surface area contributed by atoms with Crippen LogP contribution in [0.25, 0.3) is 6.08 Å². The highest BCUT2D eigenvalue weighted by molar-refractivity contribution is 7.99. The second-order valence-electron chi connectivity index (χ2n) is 14.7. The fourth-order valence-electron chi connectivity index (χ4n) is 6.26. The molecule has 0 heterocycles. The number of nitrogens with zero attached hydrogens (tertiary/aromatic N) is 3. The van der Waals surface area contributed by atoms with Crippen LogP contribution in [-0.4, -0.2) is 101 Å². The number of carbonyl (C=O) groups excluding carboxylic acids is 3. The molecule has 72 heavy (non-hydrogen) atoms. The van der Waals surface area contributed by atoms with Crippen LogP contribution in [0.3, 0.4) is 0 Å². The standard InChI is InChI=1S/C19H21NO2S.C18H21NO3S.C18H21NO2S.2C2H6/c1-22-18-11-8-16(9-12-18)10-13-19(21)20(14-15-23-2)17-6-4-3-5-7-17;1-21-16-8-10-17(11-9-16)22-14-18(20)19(12-13-23-2)15-6-4-3-5-7-15;1-15-8-10-17(11-9-15)21-14-18(20)19(12-13-22-2)16-6-4-3-5-7-16;2*1-2/h3-13H,14-15H2,1-2H3;3-11H,12-14H2,1-2H3;3-11H,12-14H2,1-2H3;2*1-2H3/b13-10+;;;;. The molecular weight excluding hydrogens is 959 g/mol. The van der Waals surface area contributed by atoms with Gasteiger partial charge in [0.1, 0.15) is 23.0 Å². The van der Waals surface area contributed by atoms with Gasteiger partial charge in [0.25, 0.3) is 17.7 Å². The molecule has 6 rings (SSSR count). The van der Waals surface area contributed by atoms with Crippen LogP contribution in [0.4, 0.5) is 17.1 Å². The molecule has 0 N–H and O–H groups in total. The second-order valence-corrected chi connectivity index (χ2v) is 17.7. The largest absolute Gasteiger partial charge is 0.497 e. The Balaban J connectivity index is 0.000000357. The summed E-state index contributed by atoms with van der Waals surface area (Å²) in [4.78, 5) is 42.9. The topological polar surface area (TPSA) is 97.8 Å². The molecule has 0 atom stereocenters. The Morgan fingerprint density at radius 3 is 1.12 bits per heavy atom. The molecule has 0 radical (unpaired) electrons. The number of aryl methyl sites for hydroxylation is 1. The van der Waals surface area contributed by atoms with Crippen molar-refractivity contribution in [2.45, 2.75) is 34.6 Å². The highest BCUT2D eigenvalue weighted by Crippen LogP contribution is 2.21. The van der Waals surface area contributed by atoms with E-state index in [-0.39, 0.29) is 30.9 Å². The monoisotopic (exact) mass is 1030 g/mol. The average molecular weight is 1030 g/mol. The lowest BCUT2D eigenvalue weighted by molar-refractivity contribution is -0.121. The second kappa shape index (κ2) is 38.4. The number of amides is 3. The summed E-state index contributed by atoms with van der Waals surface area (Å²) in [6.07, 6.45) is 9.56. The normalized spacial score (nSPS) is 9.97. The molecule has 0 spiro atoms. The van der Waals surface area contributed by atoms with E-state index in [0.717, 1.165) is 57.1 Å². The van der Waals surface area contributed by atoms with Crippen LogP contribution in [0.15, 0.2) is 170 Å². The van der Waals surface area contributed by atoms with Gasteiger partial charge < -0.3 is 33.6 Å². The van der Waals surface area contributed by atoms with Crippen molar-refractivity contribution < 1.29 is 33.3 Å². The van der Waals surface area contributed by atoms with Gasteiger partial charge in [0, 0.05) is 60.0 Å². The Hall–Kier alpha value is -6.28. The molecule has 0 aliphatic rings. The van der Waals surface area contributed by atoms with Gasteiger partial charge in [0.15, 0.2) is 13.2 Å². The fourth-order valence-corrected chi connectivity index (χ4v) is 7.35. The van der Waals surface area contributed by atoms with Crippen LogP contribution in [0, 0.1) is 6.92 Å². The Morgan fingerprint density at radius 2 is 0.764 bits per heavy atom. The Kier molecular flexibility index (Phi) is 33.0. The predicted molar refractivity (Wildman–Crippen MR) is 311 cm³/mol. The smallest absolute Gasteiger partial charge is 0.264 e. The van der Waals surface area contributed by atoms with Crippen LogP contribution in [0.2, 0.25) is 0 Å². The number of anilines is 3. The lowest BCUT2D eigenvalue weighted by Gasteiger charge is -2.22. The van der Waals surface area contributed by atoms with E-state index in [1.807, 2.05) is 211 Å². The Bertz CT molecular complexity index is 2360. The summed E-state index contributed by atoms with van der Waals surface area (Å²) in [6, 6.07) is 51.7. The zero-order valence-corrected chi connectivity index (χ0v) is 46.3. The van der Waals surface area contributed by atoms with Gasteiger partial charge in [-0.1, -0.05) is 112 Å². The summed E-state index contributed by atoms with van der Waals surface area (Å²) in [5, 5.41) is 0. The number of thioether (sulfide) groups is 3. The predicted octanol–water partition coefficient (Wildman–Crippen LogP) is 13.4. The molecule has 0 bridgehead atoms. The van der Waals surface area contributed by atoms with Crippen molar-refractivity contribution in [3.8, 4) is 23.0 Å². The maximum atomic E-state index is 12.6. The Labute approximate surface area is 443 Å². The first-order chi connectivity index (χ1) is 35.2. The number of hydrogen-bond donors (Lipinski definition) is 0. The molecule has 386 valence electrons. The highest BCUT2D eigenvalue weighted by atomic mass is 32.2. The van der Waals surface area contributed by atoms with E-state index in [1.165, 1.54) is 5.56 Å². The minimum Gasteiger partial charge on any atom is -0.497 e. The zero-order valence-electron chi connectivity index (χ0n) is 43.8. The van der Waals surface area contributed by atoms with Gasteiger partial charge in [0.05, 0.1) is 14.2 Å². The van der Waals surface area contributed by atoms with Gasteiger partial charge in [-0.2, -0.15) is 35.3 Å². The van der Waals surface area contributed by atoms with Crippen molar-refractivity contribution in [1.82, 2.24) is 0 Å². The van der Waals surface area contributed by atoms with E-state index in [2.05, 4.69) is 0 Å². The molecule has 6 aromatic rings. The summed E-state index contributed by atoms with van der Waals surface area (Å²) in [5.41, 5.74) is 4.87. The van der Waals surface area contributed by atoms with Gasteiger partial charge >= 0.3 is 0 Å². The summed E-state index contributed by atoms with van der Waals surface area (Å²) < 4.78 is 21.4. The number of ether oxygens (including phenoxy) is 4. The number of benzene rings is 6.